The third-order valence-corrected chi connectivity index (χ3v) is 8.04. The molecule has 4 aliphatic carbocycles. The van der Waals surface area contributed by atoms with Crippen LogP contribution in [0.5, 0.6) is 0 Å². The minimum Gasteiger partial charge on any atom is -0.393 e. The molecule has 4 saturated carbocycles. The normalized spacial score (nSPS) is 54.6. The van der Waals surface area contributed by atoms with Gasteiger partial charge in [-0.1, -0.05) is 13.8 Å². The molecular formula is C19H28O3. The molecule has 0 aromatic heterocycles. The Kier molecular flexibility index (Phi) is 3.15. The highest BCUT2D eigenvalue weighted by Gasteiger charge is 2.63. The van der Waals surface area contributed by atoms with E-state index in [-0.39, 0.29) is 22.9 Å². The van der Waals surface area contributed by atoms with Crippen LogP contribution < -0.4 is 0 Å². The van der Waals surface area contributed by atoms with Crippen molar-refractivity contribution in [2.45, 2.75) is 71.3 Å². The molecule has 0 aromatic rings. The van der Waals surface area contributed by atoms with E-state index in [2.05, 4.69) is 13.8 Å². The Morgan fingerprint density at radius 1 is 1.09 bits per heavy atom. The maximum absolute atomic E-state index is 13.0. The molecule has 0 bridgehead atoms. The second-order valence-electron chi connectivity index (χ2n) is 8.98. The zero-order valence-corrected chi connectivity index (χ0v) is 13.8. The molecule has 0 aromatic carbocycles. The third kappa shape index (κ3) is 1.78. The molecular weight excluding hydrogens is 276 g/mol. The average Bonchev–Trinajstić information content (AvgIpc) is 2.75. The van der Waals surface area contributed by atoms with Crippen molar-refractivity contribution in [1.82, 2.24) is 0 Å². The van der Waals surface area contributed by atoms with Crippen LogP contribution >= 0.6 is 0 Å². The number of fused-ring (bicyclic) bond motifs is 5. The highest BCUT2D eigenvalue weighted by Crippen LogP contribution is 2.64. The first-order chi connectivity index (χ1) is 10.4. The van der Waals surface area contributed by atoms with E-state index in [4.69, 9.17) is 0 Å². The zero-order chi connectivity index (χ0) is 15.7. The lowest BCUT2D eigenvalue weighted by atomic mass is 9.45. The number of carbonyl (C=O) groups is 2. The van der Waals surface area contributed by atoms with Crippen LogP contribution in [0, 0.1) is 34.5 Å². The number of carbonyl (C=O) groups excluding carboxylic acids is 2. The number of hydrogen-bond donors (Lipinski definition) is 1. The molecule has 4 fully saturated rings. The minimum absolute atomic E-state index is 0.0617. The van der Waals surface area contributed by atoms with E-state index in [1.54, 1.807) is 0 Å². The van der Waals surface area contributed by atoms with Gasteiger partial charge in [0.25, 0.3) is 0 Å². The van der Waals surface area contributed by atoms with E-state index in [1.807, 2.05) is 0 Å². The molecule has 0 aliphatic heterocycles. The van der Waals surface area contributed by atoms with Crippen LogP contribution in [0.3, 0.4) is 0 Å². The topological polar surface area (TPSA) is 54.4 Å². The Bertz CT molecular complexity index is 527. The van der Waals surface area contributed by atoms with Crippen molar-refractivity contribution in [3.63, 3.8) is 0 Å². The minimum atomic E-state index is -0.365. The van der Waals surface area contributed by atoms with Gasteiger partial charge in [0, 0.05) is 24.2 Å². The molecule has 122 valence electrons. The van der Waals surface area contributed by atoms with Crippen LogP contribution in [0.2, 0.25) is 0 Å². The number of Topliss-reactive ketones (excluding diaryl/α,β-unsaturated/α-hetero) is 2. The van der Waals surface area contributed by atoms with Gasteiger partial charge in [0.15, 0.2) is 0 Å². The largest absolute Gasteiger partial charge is 0.393 e. The van der Waals surface area contributed by atoms with Crippen molar-refractivity contribution in [3.05, 3.63) is 0 Å². The van der Waals surface area contributed by atoms with Crippen molar-refractivity contribution >= 4 is 11.6 Å². The van der Waals surface area contributed by atoms with Crippen molar-refractivity contribution in [2.75, 3.05) is 0 Å². The molecule has 0 amide bonds. The van der Waals surface area contributed by atoms with Crippen molar-refractivity contribution in [2.24, 2.45) is 34.5 Å². The second-order valence-corrected chi connectivity index (χ2v) is 8.98. The lowest BCUT2D eigenvalue weighted by Gasteiger charge is -2.58. The van der Waals surface area contributed by atoms with Gasteiger partial charge in [-0.15, -0.1) is 0 Å². The molecule has 0 radical (unpaired) electrons. The first-order valence-electron chi connectivity index (χ1n) is 9.10. The van der Waals surface area contributed by atoms with Crippen LogP contribution in [0.15, 0.2) is 0 Å². The summed E-state index contributed by atoms with van der Waals surface area (Å²) in [7, 11) is 0. The number of aliphatic hydroxyl groups excluding tert-OH is 1. The Balaban J connectivity index is 1.71. The number of ketones is 2. The maximum atomic E-state index is 13.0. The van der Waals surface area contributed by atoms with Crippen LogP contribution in [0.4, 0.5) is 0 Å². The third-order valence-electron chi connectivity index (χ3n) is 8.04. The van der Waals surface area contributed by atoms with Gasteiger partial charge in [-0.3, -0.25) is 9.59 Å². The molecule has 0 spiro atoms. The van der Waals surface area contributed by atoms with E-state index in [9.17, 15) is 14.7 Å². The van der Waals surface area contributed by atoms with E-state index >= 15 is 0 Å². The summed E-state index contributed by atoms with van der Waals surface area (Å²) in [6.45, 7) is 4.36. The highest BCUT2D eigenvalue weighted by molar-refractivity contribution is 5.95. The lowest BCUT2D eigenvalue weighted by Crippen LogP contribution is -2.57. The fourth-order valence-corrected chi connectivity index (χ4v) is 6.83. The molecule has 7 atom stereocenters. The predicted molar refractivity (Wildman–Crippen MR) is 83.1 cm³/mol. The lowest BCUT2D eigenvalue weighted by molar-refractivity contribution is -0.162. The quantitative estimate of drug-likeness (QED) is 0.748. The summed E-state index contributed by atoms with van der Waals surface area (Å²) in [4.78, 5) is 25.4. The molecule has 0 heterocycles. The molecule has 4 aliphatic rings. The Morgan fingerprint density at radius 2 is 1.86 bits per heavy atom. The summed E-state index contributed by atoms with van der Waals surface area (Å²) in [6.07, 6.45) is 6.86. The fourth-order valence-electron chi connectivity index (χ4n) is 6.83. The van der Waals surface area contributed by atoms with Crippen LogP contribution in [-0.4, -0.2) is 22.8 Å². The van der Waals surface area contributed by atoms with Gasteiger partial charge < -0.3 is 5.11 Å². The van der Waals surface area contributed by atoms with Gasteiger partial charge >= 0.3 is 0 Å². The second kappa shape index (κ2) is 4.66. The summed E-state index contributed by atoms with van der Waals surface area (Å²) in [5.41, 5.74) is -0.304. The van der Waals surface area contributed by atoms with Crippen molar-refractivity contribution < 1.29 is 14.7 Å². The molecule has 3 nitrogen and oxygen atoms in total. The fraction of sp³-hybridized carbons (Fsp3) is 0.895. The van der Waals surface area contributed by atoms with Gasteiger partial charge in [0.2, 0.25) is 0 Å². The first kappa shape index (κ1) is 14.9. The van der Waals surface area contributed by atoms with Gasteiger partial charge in [-0.25, -0.2) is 0 Å². The SMILES string of the molecule is C[C@]12CC[C@H](O)C[C@@H]1CC[C@@H]1[C@H]2C(=O)C[C@]2(C)C(=O)CC[C@@H]12. The van der Waals surface area contributed by atoms with E-state index in [0.717, 1.165) is 38.5 Å². The van der Waals surface area contributed by atoms with Crippen molar-refractivity contribution in [1.29, 1.82) is 0 Å². The number of rotatable bonds is 0. The number of hydrogen-bond acceptors (Lipinski definition) is 3. The monoisotopic (exact) mass is 304 g/mol. The Morgan fingerprint density at radius 3 is 2.64 bits per heavy atom. The Hall–Kier alpha value is -0.700. The van der Waals surface area contributed by atoms with Gasteiger partial charge in [-0.2, -0.15) is 0 Å². The van der Waals surface area contributed by atoms with Crippen LogP contribution in [-0.2, 0) is 9.59 Å². The smallest absolute Gasteiger partial charge is 0.139 e. The van der Waals surface area contributed by atoms with Crippen LogP contribution in [0.25, 0.3) is 0 Å². The van der Waals surface area contributed by atoms with Crippen molar-refractivity contribution in [3.8, 4) is 0 Å². The van der Waals surface area contributed by atoms with E-state index < -0.39 is 0 Å². The maximum Gasteiger partial charge on any atom is 0.139 e. The molecule has 1 N–H and O–H groups in total. The molecule has 22 heavy (non-hydrogen) atoms. The first-order valence-corrected chi connectivity index (χ1v) is 9.10. The average molecular weight is 304 g/mol. The van der Waals surface area contributed by atoms with Gasteiger partial charge in [0.05, 0.1) is 6.10 Å². The predicted octanol–water partition coefficient (Wildman–Crippen LogP) is 3.14. The van der Waals surface area contributed by atoms with Gasteiger partial charge in [0.1, 0.15) is 11.6 Å². The van der Waals surface area contributed by atoms with Crippen LogP contribution in [0.1, 0.15) is 65.2 Å². The summed E-state index contributed by atoms with van der Waals surface area (Å²) in [6, 6.07) is 0. The summed E-state index contributed by atoms with van der Waals surface area (Å²) in [5, 5.41) is 10.0. The Labute approximate surface area is 132 Å². The molecule has 3 heteroatoms. The van der Waals surface area contributed by atoms with E-state index in [1.165, 1.54) is 0 Å². The molecule has 4 rings (SSSR count). The number of aliphatic hydroxyl groups is 1. The molecule has 0 saturated heterocycles. The summed E-state index contributed by atoms with van der Waals surface area (Å²) < 4.78 is 0. The summed E-state index contributed by atoms with van der Waals surface area (Å²) >= 11 is 0. The zero-order valence-electron chi connectivity index (χ0n) is 13.8. The molecule has 0 unspecified atom stereocenters. The van der Waals surface area contributed by atoms with E-state index in [0.29, 0.717) is 42.2 Å². The summed E-state index contributed by atoms with van der Waals surface area (Å²) in [5.74, 6) is 2.14. The van der Waals surface area contributed by atoms with Gasteiger partial charge in [-0.05, 0) is 61.7 Å². The standard InChI is InChI=1S/C19H28O3/c1-18-8-7-12(20)9-11(18)3-4-13-14-5-6-16(22)19(14,2)10-15(21)17(13)18/h11-14,17,20H,3-10H2,1-2H3/t11-,12-,13-,14-,17-,18-,19-/m0/s1. The highest BCUT2D eigenvalue weighted by atomic mass is 16.3.